The van der Waals surface area contributed by atoms with Crippen LogP contribution in [0.1, 0.15) is 31.2 Å². The Balaban J connectivity index is 1.48. The summed E-state index contributed by atoms with van der Waals surface area (Å²) < 4.78 is 0. The molecule has 2 aliphatic rings. The molecule has 116 valence electrons. The molecule has 2 saturated heterocycles. The number of benzene rings is 1. The monoisotopic (exact) mass is 298 g/mol. The SMILES string of the molecule is O=C1CC2(CCN(C(=O)C/C=C/c3ccccc3)CC2)CN1. The molecule has 2 heterocycles. The molecule has 1 spiro atoms. The molecule has 0 aromatic heterocycles. The van der Waals surface area contributed by atoms with Crippen LogP contribution in [0.3, 0.4) is 0 Å². The second kappa shape index (κ2) is 6.34. The lowest BCUT2D eigenvalue weighted by Gasteiger charge is -2.38. The average Bonchev–Trinajstić information content (AvgIpc) is 2.89. The normalized spacial score (nSPS) is 20.5. The zero-order valence-electron chi connectivity index (χ0n) is 12.8. The largest absolute Gasteiger partial charge is 0.356 e. The van der Waals surface area contributed by atoms with Crippen LogP contribution in [0.2, 0.25) is 0 Å². The first kappa shape index (κ1) is 14.8. The Hall–Kier alpha value is -2.10. The van der Waals surface area contributed by atoms with E-state index in [0.29, 0.717) is 12.8 Å². The fourth-order valence-corrected chi connectivity index (χ4v) is 3.32. The molecule has 2 fully saturated rings. The van der Waals surface area contributed by atoms with Crippen LogP contribution in [-0.4, -0.2) is 36.3 Å². The van der Waals surface area contributed by atoms with Gasteiger partial charge in [-0.2, -0.15) is 0 Å². The lowest BCUT2D eigenvalue weighted by atomic mass is 9.77. The first-order chi connectivity index (χ1) is 10.7. The van der Waals surface area contributed by atoms with Crippen LogP contribution in [0.5, 0.6) is 0 Å². The van der Waals surface area contributed by atoms with E-state index in [1.807, 2.05) is 47.4 Å². The quantitative estimate of drug-likeness (QED) is 0.930. The van der Waals surface area contributed by atoms with Gasteiger partial charge in [0.1, 0.15) is 0 Å². The van der Waals surface area contributed by atoms with Crippen LogP contribution in [0.4, 0.5) is 0 Å². The molecule has 0 aliphatic carbocycles. The molecule has 1 aromatic carbocycles. The summed E-state index contributed by atoms with van der Waals surface area (Å²) in [5, 5.41) is 2.92. The van der Waals surface area contributed by atoms with Crippen LogP contribution in [0.15, 0.2) is 36.4 Å². The van der Waals surface area contributed by atoms with E-state index in [-0.39, 0.29) is 17.2 Å². The minimum absolute atomic E-state index is 0.105. The van der Waals surface area contributed by atoms with E-state index in [2.05, 4.69) is 5.32 Å². The summed E-state index contributed by atoms with van der Waals surface area (Å²) in [7, 11) is 0. The molecule has 0 radical (unpaired) electrons. The third-order valence-corrected chi connectivity index (χ3v) is 4.78. The van der Waals surface area contributed by atoms with Crippen LogP contribution in [-0.2, 0) is 9.59 Å². The predicted octanol–water partition coefficient (Wildman–Crippen LogP) is 2.22. The summed E-state index contributed by atoms with van der Waals surface area (Å²) in [5.41, 5.74) is 1.22. The molecule has 1 N–H and O–H groups in total. The zero-order valence-corrected chi connectivity index (χ0v) is 12.8. The molecular weight excluding hydrogens is 276 g/mol. The molecule has 2 aliphatic heterocycles. The van der Waals surface area contributed by atoms with Gasteiger partial charge in [-0.1, -0.05) is 42.5 Å². The van der Waals surface area contributed by atoms with Gasteiger partial charge in [-0.05, 0) is 23.8 Å². The van der Waals surface area contributed by atoms with Gasteiger partial charge in [0.15, 0.2) is 0 Å². The minimum atomic E-state index is 0.105. The van der Waals surface area contributed by atoms with Crippen LogP contribution < -0.4 is 5.32 Å². The van der Waals surface area contributed by atoms with Crippen molar-refractivity contribution in [2.24, 2.45) is 5.41 Å². The number of amides is 2. The fraction of sp³-hybridized carbons (Fsp3) is 0.444. The Labute approximate surface area is 131 Å². The number of likely N-dealkylation sites (tertiary alicyclic amines) is 1. The van der Waals surface area contributed by atoms with Crippen LogP contribution in [0, 0.1) is 5.41 Å². The third-order valence-electron chi connectivity index (χ3n) is 4.78. The summed E-state index contributed by atoms with van der Waals surface area (Å²) in [6.07, 6.45) is 6.85. The Morgan fingerprint density at radius 2 is 1.95 bits per heavy atom. The van der Waals surface area contributed by atoms with Gasteiger partial charge in [0.25, 0.3) is 0 Å². The van der Waals surface area contributed by atoms with E-state index in [1.165, 1.54) is 0 Å². The highest BCUT2D eigenvalue weighted by atomic mass is 16.2. The molecule has 3 rings (SSSR count). The first-order valence-corrected chi connectivity index (χ1v) is 7.93. The van der Waals surface area contributed by atoms with Gasteiger partial charge in [0, 0.05) is 32.5 Å². The van der Waals surface area contributed by atoms with E-state index in [1.54, 1.807) is 0 Å². The number of carbonyl (C=O) groups is 2. The van der Waals surface area contributed by atoms with Crippen molar-refractivity contribution in [3.63, 3.8) is 0 Å². The Morgan fingerprint density at radius 1 is 1.23 bits per heavy atom. The molecule has 0 atom stereocenters. The maximum Gasteiger partial charge on any atom is 0.226 e. The number of hydrogen-bond donors (Lipinski definition) is 1. The van der Waals surface area contributed by atoms with Crippen molar-refractivity contribution in [3.05, 3.63) is 42.0 Å². The second-order valence-electron chi connectivity index (χ2n) is 6.35. The molecule has 1 aromatic rings. The lowest BCUT2D eigenvalue weighted by Crippen LogP contribution is -2.43. The minimum Gasteiger partial charge on any atom is -0.356 e. The molecule has 2 amide bonds. The van der Waals surface area contributed by atoms with Gasteiger partial charge in [-0.25, -0.2) is 0 Å². The molecule has 0 saturated carbocycles. The summed E-state index contributed by atoms with van der Waals surface area (Å²) in [6, 6.07) is 10.0. The van der Waals surface area contributed by atoms with E-state index in [0.717, 1.165) is 38.0 Å². The first-order valence-electron chi connectivity index (χ1n) is 7.93. The number of nitrogens with zero attached hydrogens (tertiary/aromatic N) is 1. The summed E-state index contributed by atoms with van der Waals surface area (Å²) in [6.45, 7) is 2.32. The Kier molecular flexibility index (Phi) is 4.27. The van der Waals surface area contributed by atoms with E-state index in [4.69, 9.17) is 0 Å². The molecule has 0 unspecified atom stereocenters. The van der Waals surface area contributed by atoms with Crippen molar-refractivity contribution in [2.75, 3.05) is 19.6 Å². The van der Waals surface area contributed by atoms with Crippen molar-refractivity contribution >= 4 is 17.9 Å². The Bertz CT molecular complexity index is 572. The molecule has 22 heavy (non-hydrogen) atoms. The van der Waals surface area contributed by atoms with Crippen molar-refractivity contribution in [1.29, 1.82) is 0 Å². The number of rotatable bonds is 3. The summed E-state index contributed by atoms with van der Waals surface area (Å²) in [4.78, 5) is 25.6. The predicted molar refractivity (Wildman–Crippen MR) is 86.0 cm³/mol. The second-order valence-corrected chi connectivity index (χ2v) is 6.35. The highest BCUT2D eigenvalue weighted by Crippen LogP contribution is 2.37. The van der Waals surface area contributed by atoms with Gasteiger partial charge < -0.3 is 10.2 Å². The molecule has 4 nitrogen and oxygen atoms in total. The van der Waals surface area contributed by atoms with E-state index < -0.39 is 0 Å². The highest BCUT2D eigenvalue weighted by molar-refractivity contribution is 5.80. The zero-order chi connectivity index (χ0) is 15.4. The molecular formula is C18H22N2O2. The molecule has 0 bridgehead atoms. The van der Waals surface area contributed by atoms with Crippen molar-refractivity contribution in [1.82, 2.24) is 10.2 Å². The maximum absolute atomic E-state index is 12.2. The van der Waals surface area contributed by atoms with Crippen molar-refractivity contribution in [3.8, 4) is 0 Å². The van der Waals surface area contributed by atoms with E-state index in [9.17, 15) is 9.59 Å². The van der Waals surface area contributed by atoms with Gasteiger partial charge in [0.05, 0.1) is 0 Å². The average molecular weight is 298 g/mol. The van der Waals surface area contributed by atoms with Crippen LogP contribution >= 0.6 is 0 Å². The summed E-state index contributed by atoms with van der Waals surface area (Å²) in [5.74, 6) is 0.338. The van der Waals surface area contributed by atoms with Crippen molar-refractivity contribution in [2.45, 2.75) is 25.7 Å². The number of carbonyl (C=O) groups excluding carboxylic acids is 2. The smallest absolute Gasteiger partial charge is 0.226 e. The standard InChI is InChI=1S/C18H22N2O2/c21-16-13-18(14-19-16)9-11-20(12-10-18)17(22)8-4-7-15-5-2-1-3-6-15/h1-7H,8-14H2,(H,19,21)/b7-4+. The van der Waals surface area contributed by atoms with Crippen LogP contribution in [0.25, 0.3) is 6.08 Å². The lowest BCUT2D eigenvalue weighted by molar-refractivity contribution is -0.132. The van der Waals surface area contributed by atoms with E-state index >= 15 is 0 Å². The topological polar surface area (TPSA) is 49.4 Å². The highest BCUT2D eigenvalue weighted by Gasteiger charge is 2.41. The van der Waals surface area contributed by atoms with Gasteiger partial charge in [-0.3, -0.25) is 9.59 Å². The van der Waals surface area contributed by atoms with Crippen molar-refractivity contribution < 1.29 is 9.59 Å². The third kappa shape index (κ3) is 3.38. The number of piperidine rings is 1. The fourth-order valence-electron chi connectivity index (χ4n) is 3.32. The number of nitrogens with one attached hydrogen (secondary N) is 1. The maximum atomic E-state index is 12.2. The van der Waals surface area contributed by atoms with Gasteiger partial charge >= 0.3 is 0 Å². The molecule has 4 heteroatoms. The van der Waals surface area contributed by atoms with Gasteiger partial charge in [0.2, 0.25) is 11.8 Å². The summed E-state index contributed by atoms with van der Waals surface area (Å²) >= 11 is 0. The number of hydrogen-bond acceptors (Lipinski definition) is 2. The Morgan fingerprint density at radius 3 is 2.59 bits per heavy atom. The van der Waals surface area contributed by atoms with Gasteiger partial charge in [-0.15, -0.1) is 0 Å².